The Balaban J connectivity index is 2.13. The van der Waals surface area contributed by atoms with Crippen molar-refractivity contribution >= 4 is 22.5 Å². The molecule has 0 atom stereocenters. The Morgan fingerprint density at radius 1 is 1.06 bits per heavy atom. The summed E-state index contributed by atoms with van der Waals surface area (Å²) in [6.07, 6.45) is 8.22. The quantitative estimate of drug-likeness (QED) is 0.736. The van der Waals surface area contributed by atoms with E-state index >= 15 is 0 Å². The molecule has 83 valence electrons. The fourth-order valence-electron chi connectivity index (χ4n) is 2.08. The second-order valence-corrected chi connectivity index (χ2v) is 4.60. The van der Waals surface area contributed by atoms with Gasteiger partial charge in [0.25, 0.3) is 0 Å². The Morgan fingerprint density at radius 3 is 2.59 bits per heavy atom. The second kappa shape index (κ2) is 4.30. The van der Waals surface area contributed by atoms with Crippen LogP contribution >= 0.6 is 11.6 Å². The number of nitrogens with zero attached hydrogens (tertiary/aromatic N) is 1. The lowest BCUT2D eigenvalue weighted by Gasteiger charge is -2.12. The summed E-state index contributed by atoms with van der Waals surface area (Å²) >= 11 is 5.98. The third-order valence-corrected chi connectivity index (χ3v) is 3.14. The molecule has 1 fully saturated rings. The SMILES string of the molecule is Cc1cc2cc(Cl)ccc2nc1[C]1[CH][CH][CH][CH]1. The number of halogens is 1. The third-order valence-electron chi connectivity index (χ3n) is 2.90. The summed E-state index contributed by atoms with van der Waals surface area (Å²) in [5.41, 5.74) is 3.20. The summed E-state index contributed by atoms with van der Waals surface area (Å²) < 4.78 is 0. The molecule has 0 spiro atoms. The highest BCUT2D eigenvalue weighted by atomic mass is 35.5. The molecule has 1 aromatic carbocycles. The highest BCUT2D eigenvalue weighted by molar-refractivity contribution is 6.31. The lowest BCUT2D eigenvalue weighted by molar-refractivity contribution is 1.13. The molecule has 1 aromatic heterocycles. The highest BCUT2D eigenvalue weighted by Gasteiger charge is 2.22. The van der Waals surface area contributed by atoms with Crippen molar-refractivity contribution in [1.82, 2.24) is 4.98 Å². The van der Waals surface area contributed by atoms with Crippen LogP contribution in [0.3, 0.4) is 0 Å². The van der Waals surface area contributed by atoms with Crippen LogP contribution in [0.4, 0.5) is 0 Å². The van der Waals surface area contributed by atoms with Crippen molar-refractivity contribution in [1.29, 1.82) is 0 Å². The zero-order chi connectivity index (χ0) is 11.8. The molecule has 1 nitrogen and oxygen atoms in total. The molecule has 5 radical (unpaired) electrons. The summed E-state index contributed by atoms with van der Waals surface area (Å²) in [4.78, 5) is 4.70. The maximum Gasteiger partial charge on any atom is 0.0706 e. The van der Waals surface area contributed by atoms with Gasteiger partial charge in [-0.1, -0.05) is 11.6 Å². The molecule has 1 aliphatic rings. The van der Waals surface area contributed by atoms with E-state index in [0.29, 0.717) is 0 Å². The first kappa shape index (κ1) is 11.0. The Morgan fingerprint density at radius 2 is 1.82 bits per heavy atom. The van der Waals surface area contributed by atoms with Gasteiger partial charge in [0, 0.05) is 16.3 Å². The molecule has 17 heavy (non-hydrogen) atoms. The van der Waals surface area contributed by atoms with E-state index in [9.17, 15) is 0 Å². The highest BCUT2D eigenvalue weighted by Crippen LogP contribution is 2.32. The lowest BCUT2D eigenvalue weighted by Crippen LogP contribution is -2.02. The standard InChI is InChI=1S/C15H11ClN/c1-10-8-12-9-13(16)6-7-14(12)17-15(10)11-4-2-3-5-11/h2-9H,1H3. The maximum absolute atomic E-state index is 5.98. The van der Waals surface area contributed by atoms with E-state index in [1.54, 1.807) is 0 Å². The molecular weight excluding hydrogens is 230 g/mol. The average molecular weight is 241 g/mol. The zero-order valence-corrected chi connectivity index (χ0v) is 10.2. The maximum atomic E-state index is 5.98. The fraction of sp³-hybridized carbons (Fsp3) is 0.0667. The van der Waals surface area contributed by atoms with Crippen molar-refractivity contribution in [3.05, 3.63) is 72.1 Å². The van der Waals surface area contributed by atoms with Crippen molar-refractivity contribution in [2.45, 2.75) is 6.92 Å². The summed E-state index contributed by atoms with van der Waals surface area (Å²) in [5, 5.41) is 1.84. The monoisotopic (exact) mass is 240 g/mol. The first-order valence-electron chi connectivity index (χ1n) is 5.53. The van der Waals surface area contributed by atoms with E-state index in [0.717, 1.165) is 21.6 Å². The molecule has 0 bridgehead atoms. The molecule has 0 aliphatic heterocycles. The fourth-order valence-corrected chi connectivity index (χ4v) is 2.26. The van der Waals surface area contributed by atoms with Gasteiger partial charge >= 0.3 is 0 Å². The van der Waals surface area contributed by atoms with Gasteiger partial charge < -0.3 is 0 Å². The van der Waals surface area contributed by atoms with Gasteiger partial charge in [-0.3, -0.25) is 4.98 Å². The van der Waals surface area contributed by atoms with Crippen LogP contribution in [-0.4, -0.2) is 4.98 Å². The van der Waals surface area contributed by atoms with Crippen molar-refractivity contribution in [3.63, 3.8) is 0 Å². The van der Waals surface area contributed by atoms with E-state index < -0.39 is 0 Å². The van der Waals surface area contributed by atoms with Gasteiger partial charge in [-0.15, -0.1) is 0 Å². The van der Waals surface area contributed by atoms with Crippen LogP contribution in [0, 0.1) is 38.5 Å². The molecule has 0 saturated heterocycles. The summed E-state index contributed by atoms with van der Waals surface area (Å²) in [7, 11) is 0. The number of rotatable bonds is 1. The topological polar surface area (TPSA) is 12.9 Å². The number of pyridine rings is 1. The number of fused-ring (bicyclic) bond motifs is 1. The first-order chi connectivity index (χ1) is 8.24. The molecular formula is C15H11ClN. The Kier molecular flexibility index (Phi) is 2.79. The van der Waals surface area contributed by atoms with E-state index in [-0.39, 0.29) is 0 Å². The molecule has 2 heteroatoms. The largest absolute Gasteiger partial charge is 0.252 e. The number of aryl methyl sites for hydroxylation is 1. The molecule has 1 aliphatic carbocycles. The van der Waals surface area contributed by atoms with Crippen molar-refractivity contribution in [3.8, 4) is 0 Å². The summed E-state index contributed by atoms with van der Waals surface area (Å²) in [5.74, 6) is 1.17. The minimum absolute atomic E-state index is 0.750. The third kappa shape index (κ3) is 2.04. The number of benzene rings is 1. The Labute approximate surface area is 107 Å². The molecule has 0 unspecified atom stereocenters. The zero-order valence-electron chi connectivity index (χ0n) is 9.44. The van der Waals surface area contributed by atoms with Crippen LogP contribution in [0.5, 0.6) is 0 Å². The average Bonchev–Trinajstić information content (AvgIpc) is 2.81. The van der Waals surface area contributed by atoms with Gasteiger partial charge in [-0.25, -0.2) is 0 Å². The van der Waals surface area contributed by atoms with Gasteiger partial charge in [0.05, 0.1) is 11.2 Å². The van der Waals surface area contributed by atoms with Crippen LogP contribution < -0.4 is 0 Å². The number of aromatic nitrogens is 1. The van der Waals surface area contributed by atoms with Gasteiger partial charge in [0.15, 0.2) is 0 Å². The predicted octanol–water partition coefficient (Wildman–Crippen LogP) is 3.95. The minimum Gasteiger partial charge on any atom is -0.252 e. The van der Waals surface area contributed by atoms with Crippen LogP contribution in [0.25, 0.3) is 10.9 Å². The smallest absolute Gasteiger partial charge is 0.0706 e. The normalized spacial score (nSPS) is 16.8. The Hall–Kier alpha value is -1.08. The minimum atomic E-state index is 0.750. The van der Waals surface area contributed by atoms with Crippen molar-refractivity contribution < 1.29 is 0 Å². The Bertz CT molecular complexity index is 556. The van der Waals surface area contributed by atoms with Crippen LogP contribution in [0.15, 0.2) is 24.3 Å². The van der Waals surface area contributed by atoms with Crippen molar-refractivity contribution in [2.75, 3.05) is 0 Å². The van der Waals surface area contributed by atoms with E-state index in [1.165, 1.54) is 11.5 Å². The molecule has 2 aromatic rings. The van der Waals surface area contributed by atoms with Crippen molar-refractivity contribution in [2.24, 2.45) is 0 Å². The van der Waals surface area contributed by atoms with Gasteiger partial charge in [-0.05, 0) is 62.4 Å². The number of hydrogen-bond acceptors (Lipinski definition) is 1. The van der Waals surface area contributed by atoms with Crippen LogP contribution in [0.1, 0.15) is 11.3 Å². The van der Waals surface area contributed by atoms with E-state index in [4.69, 9.17) is 16.6 Å². The molecule has 1 saturated carbocycles. The van der Waals surface area contributed by atoms with E-state index in [2.05, 4.69) is 25.8 Å². The first-order valence-corrected chi connectivity index (χ1v) is 5.91. The van der Waals surface area contributed by atoms with Gasteiger partial charge in [-0.2, -0.15) is 0 Å². The predicted molar refractivity (Wildman–Crippen MR) is 71.0 cm³/mol. The van der Waals surface area contributed by atoms with Crippen LogP contribution in [-0.2, 0) is 0 Å². The molecule has 0 N–H and O–H groups in total. The molecule has 3 rings (SSSR count). The molecule has 1 heterocycles. The van der Waals surface area contributed by atoms with Crippen LogP contribution in [0.2, 0.25) is 5.02 Å². The number of hydrogen-bond donors (Lipinski definition) is 0. The lowest BCUT2D eigenvalue weighted by atomic mass is 9.98. The molecule has 0 amide bonds. The summed E-state index contributed by atoms with van der Waals surface area (Å²) in [6.45, 7) is 2.08. The second-order valence-electron chi connectivity index (χ2n) is 4.16. The van der Waals surface area contributed by atoms with Gasteiger partial charge in [0.2, 0.25) is 0 Å². The van der Waals surface area contributed by atoms with Gasteiger partial charge in [0.1, 0.15) is 0 Å². The van der Waals surface area contributed by atoms with E-state index in [1.807, 2.05) is 31.0 Å². The summed E-state index contributed by atoms with van der Waals surface area (Å²) in [6, 6.07) is 7.92.